The van der Waals surface area contributed by atoms with Crippen LogP contribution in [-0.2, 0) is 4.79 Å². The van der Waals surface area contributed by atoms with E-state index in [9.17, 15) is 4.79 Å². The van der Waals surface area contributed by atoms with Crippen molar-refractivity contribution in [2.45, 2.75) is 37.8 Å². The predicted molar refractivity (Wildman–Crippen MR) is 98.5 cm³/mol. The molecule has 1 heterocycles. The molecule has 0 fully saturated rings. The quantitative estimate of drug-likeness (QED) is 0.404. The zero-order valence-corrected chi connectivity index (χ0v) is 15.2. The molecule has 1 aromatic carbocycles. The Morgan fingerprint density at radius 1 is 1.25 bits per heavy atom. The van der Waals surface area contributed by atoms with E-state index >= 15 is 0 Å². The zero-order chi connectivity index (χ0) is 17.4. The van der Waals surface area contributed by atoms with Crippen LogP contribution in [0.3, 0.4) is 0 Å². The SMILES string of the molecule is CCCCCCNC(=O)CSc1nnc(-c2ccc(Cl)cc2)n1N. The van der Waals surface area contributed by atoms with Crippen molar-refractivity contribution in [2.24, 2.45) is 0 Å². The van der Waals surface area contributed by atoms with Crippen LogP contribution in [0, 0.1) is 0 Å². The molecule has 0 bridgehead atoms. The molecular weight excluding hydrogens is 346 g/mol. The Balaban J connectivity index is 1.83. The lowest BCUT2D eigenvalue weighted by atomic mass is 10.2. The van der Waals surface area contributed by atoms with E-state index < -0.39 is 0 Å². The highest BCUT2D eigenvalue weighted by Crippen LogP contribution is 2.22. The normalized spacial score (nSPS) is 10.8. The second kappa shape index (κ2) is 9.54. The number of carbonyl (C=O) groups excluding carboxylic acids is 1. The average molecular weight is 368 g/mol. The van der Waals surface area contributed by atoms with Crippen molar-refractivity contribution in [1.29, 1.82) is 0 Å². The van der Waals surface area contributed by atoms with Gasteiger partial charge in [0.05, 0.1) is 5.75 Å². The standard InChI is InChI=1S/C16H22ClN5OS/c1-2-3-4-5-10-19-14(23)11-24-16-21-20-15(22(16)18)12-6-8-13(17)9-7-12/h6-9H,2-5,10-11,18H2,1H3,(H,19,23). The number of nitrogen functional groups attached to an aromatic ring is 1. The van der Waals surface area contributed by atoms with E-state index in [1.165, 1.54) is 29.3 Å². The molecule has 0 atom stereocenters. The lowest BCUT2D eigenvalue weighted by molar-refractivity contribution is -0.118. The van der Waals surface area contributed by atoms with Crippen LogP contribution >= 0.6 is 23.4 Å². The highest BCUT2D eigenvalue weighted by Gasteiger charge is 2.13. The number of amides is 1. The van der Waals surface area contributed by atoms with Gasteiger partial charge in [-0.1, -0.05) is 49.5 Å². The Kier molecular flexibility index (Phi) is 7.39. The summed E-state index contributed by atoms with van der Waals surface area (Å²) in [6.07, 6.45) is 4.55. The Morgan fingerprint density at radius 2 is 2.00 bits per heavy atom. The van der Waals surface area contributed by atoms with Crippen molar-refractivity contribution >= 4 is 29.3 Å². The molecule has 6 nitrogen and oxygen atoms in total. The number of rotatable bonds is 9. The summed E-state index contributed by atoms with van der Waals surface area (Å²) in [5, 5.41) is 12.2. The van der Waals surface area contributed by atoms with Crippen LogP contribution in [-0.4, -0.2) is 33.1 Å². The molecule has 130 valence electrons. The van der Waals surface area contributed by atoms with Gasteiger partial charge in [-0.25, -0.2) is 4.68 Å². The van der Waals surface area contributed by atoms with Crippen LogP contribution in [0.2, 0.25) is 5.02 Å². The number of benzene rings is 1. The largest absolute Gasteiger partial charge is 0.355 e. The van der Waals surface area contributed by atoms with Gasteiger partial charge < -0.3 is 11.2 Å². The van der Waals surface area contributed by atoms with Crippen molar-refractivity contribution in [3.8, 4) is 11.4 Å². The minimum atomic E-state index is -0.0208. The molecule has 3 N–H and O–H groups in total. The van der Waals surface area contributed by atoms with Gasteiger partial charge >= 0.3 is 0 Å². The summed E-state index contributed by atoms with van der Waals surface area (Å²) in [5.41, 5.74) is 0.821. The van der Waals surface area contributed by atoms with Gasteiger partial charge in [-0.05, 0) is 30.7 Å². The summed E-state index contributed by atoms with van der Waals surface area (Å²) in [7, 11) is 0. The maximum atomic E-state index is 11.8. The third-order valence-corrected chi connectivity index (χ3v) is 4.65. The molecule has 1 aromatic heterocycles. The molecule has 0 unspecified atom stereocenters. The Bertz CT molecular complexity index is 659. The third kappa shape index (κ3) is 5.42. The van der Waals surface area contributed by atoms with E-state index in [0.717, 1.165) is 18.4 Å². The third-order valence-electron chi connectivity index (χ3n) is 3.45. The number of hydrogen-bond donors (Lipinski definition) is 2. The van der Waals surface area contributed by atoms with Crippen LogP contribution in [0.1, 0.15) is 32.6 Å². The highest BCUT2D eigenvalue weighted by molar-refractivity contribution is 7.99. The second-order valence-electron chi connectivity index (χ2n) is 5.38. The van der Waals surface area contributed by atoms with Crippen molar-refractivity contribution in [2.75, 3.05) is 18.1 Å². The fourth-order valence-corrected chi connectivity index (χ4v) is 2.94. The van der Waals surface area contributed by atoms with Crippen LogP contribution in [0.4, 0.5) is 0 Å². The molecule has 0 saturated carbocycles. The van der Waals surface area contributed by atoms with Crippen LogP contribution < -0.4 is 11.2 Å². The first-order chi connectivity index (χ1) is 11.6. The topological polar surface area (TPSA) is 85.8 Å². The van der Waals surface area contributed by atoms with Gasteiger partial charge in [0.2, 0.25) is 11.1 Å². The number of aromatic nitrogens is 3. The summed E-state index contributed by atoms with van der Waals surface area (Å²) in [4.78, 5) is 11.8. The van der Waals surface area contributed by atoms with Crippen molar-refractivity contribution in [3.05, 3.63) is 29.3 Å². The number of halogens is 1. The number of unbranched alkanes of at least 4 members (excludes halogenated alkanes) is 3. The molecule has 8 heteroatoms. The van der Waals surface area contributed by atoms with E-state index in [-0.39, 0.29) is 11.7 Å². The van der Waals surface area contributed by atoms with Crippen LogP contribution in [0.15, 0.2) is 29.4 Å². The molecule has 0 radical (unpaired) electrons. The fourth-order valence-electron chi connectivity index (χ4n) is 2.13. The van der Waals surface area contributed by atoms with E-state index in [4.69, 9.17) is 17.4 Å². The summed E-state index contributed by atoms with van der Waals surface area (Å²) in [6.45, 7) is 2.88. The van der Waals surface area contributed by atoms with E-state index in [2.05, 4.69) is 22.4 Å². The molecule has 0 saturated heterocycles. The molecule has 2 rings (SSSR count). The van der Waals surface area contributed by atoms with Crippen molar-refractivity contribution < 1.29 is 4.79 Å². The zero-order valence-electron chi connectivity index (χ0n) is 13.7. The van der Waals surface area contributed by atoms with Crippen molar-refractivity contribution in [3.63, 3.8) is 0 Å². The monoisotopic (exact) mass is 367 g/mol. The summed E-state index contributed by atoms with van der Waals surface area (Å²) in [5.74, 6) is 6.80. The van der Waals surface area contributed by atoms with E-state index in [1.807, 2.05) is 12.1 Å². The fraction of sp³-hybridized carbons (Fsp3) is 0.438. The summed E-state index contributed by atoms with van der Waals surface area (Å²) >= 11 is 7.14. The Morgan fingerprint density at radius 3 is 2.71 bits per heavy atom. The highest BCUT2D eigenvalue weighted by atomic mass is 35.5. The maximum Gasteiger partial charge on any atom is 0.230 e. The van der Waals surface area contributed by atoms with E-state index in [0.29, 0.717) is 22.5 Å². The predicted octanol–water partition coefficient (Wildman–Crippen LogP) is 3.10. The molecule has 1 amide bonds. The first kappa shape index (κ1) is 18.6. The Hall–Kier alpha value is -1.73. The van der Waals surface area contributed by atoms with Crippen molar-refractivity contribution in [1.82, 2.24) is 20.2 Å². The first-order valence-corrected chi connectivity index (χ1v) is 9.34. The second-order valence-corrected chi connectivity index (χ2v) is 6.76. The van der Waals surface area contributed by atoms with E-state index in [1.54, 1.807) is 12.1 Å². The van der Waals surface area contributed by atoms with Crippen LogP contribution in [0.5, 0.6) is 0 Å². The molecule has 2 aromatic rings. The number of nitrogens with one attached hydrogen (secondary N) is 1. The van der Waals surface area contributed by atoms with Gasteiger partial charge in [-0.15, -0.1) is 10.2 Å². The molecule has 0 spiro atoms. The van der Waals surface area contributed by atoms with Gasteiger partial charge in [0.25, 0.3) is 0 Å². The van der Waals surface area contributed by atoms with Gasteiger partial charge in [-0.3, -0.25) is 4.79 Å². The number of nitrogens with two attached hydrogens (primary N) is 1. The summed E-state index contributed by atoms with van der Waals surface area (Å²) < 4.78 is 1.39. The number of nitrogens with zero attached hydrogens (tertiary/aromatic N) is 3. The lowest BCUT2D eigenvalue weighted by Crippen LogP contribution is -2.26. The smallest absolute Gasteiger partial charge is 0.230 e. The number of thioether (sulfide) groups is 1. The number of carbonyl (C=O) groups is 1. The van der Waals surface area contributed by atoms with Crippen LogP contribution in [0.25, 0.3) is 11.4 Å². The molecular formula is C16H22ClN5OS. The van der Waals surface area contributed by atoms with Gasteiger partial charge in [0, 0.05) is 17.1 Å². The minimum Gasteiger partial charge on any atom is -0.355 e. The maximum absolute atomic E-state index is 11.8. The molecule has 0 aliphatic carbocycles. The minimum absolute atomic E-state index is 0.0208. The lowest BCUT2D eigenvalue weighted by Gasteiger charge is -2.05. The number of hydrogen-bond acceptors (Lipinski definition) is 5. The first-order valence-electron chi connectivity index (χ1n) is 7.97. The molecule has 0 aliphatic heterocycles. The van der Waals surface area contributed by atoms with Gasteiger partial charge in [0.1, 0.15) is 0 Å². The molecule has 24 heavy (non-hydrogen) atoms. The Labute approximate surface area is 151 Å². The van der Waals surface area contributed by atoms with Gasteiger partial charge in [0.15, 0.2) is 5.82 Å². The molecule has 0 aliphatic rings. The van der Waals surface area contributed by atoms with Gasteiger partial charge in [-0.2, -0.15) is 0 Å². The average Bonchev–Trinajstić information content (AvgIpc) is 2.94. The summed E-state index contributed by atoms with van der Waals surface area (Å²) in [6, 6.07) is 7.19.